The molecular weight excluding hydrogens is 523 g/mol. The molecule has 4 aromatic rings. The van der Waals surface area contributed by atoms with Gasteiger partial charge in [0.05, 0.1) is 0 Å². The fraction of sp³-hybridized carbons (Fsp3) is 0.0417. The monoisotopic (exact) mass is 544 g/mol. The third-order valence-electron chi connectivity index (χ3n) is 4.33. The molecule has 31 heavy (non-hydrogen) atoms. The van der Waals surface area contributed by atoms with E-state index in [1.807, 2.05) is 94.8 Å². The van der Waals surface area contributed by atoms with Gasteiger partial charge >= 0.3 is 191 Å². The van der Waals surface area contributed by atoms with Crippen LogP contribution in [0.1, 0.15) is 5.56 Å². The van der Waals surface area contributed by atoms with E-state index in [9.17, 15) is 8.42 Å². The Hall–Kier alpha value is -2.75. The average Bonchev–Trinajstić information content (AvgIpc) is 2.80. The van der Waals surface area contributed by atoms with E-state index in [4.69, 9.17) is 7.50 Å². The number of aryl methyl sites for hydroxylation is 1. The summed E-state index contributed by atoms with van der Waals surface area (Å²) in [6.45, 7) is 1.91. The molecule has 0 aliphatic carbocycles. The minimum atomic E-state index is -3.96. The van der Waals surface area contributed by atoms with Crippen LogP contribution in [0.15, 0.2) is 119 Å². The van der Waals surface area contributed by atoms with Crippen LogP contribution in [0, 0.1) is 10.5 Å². The molecule has 0 radical (unpaired) electrons. The number of pyridine rings is 1. The van der Waals surface area contributed by atoms with Crippen molar-refractivity contribution in [1.82, 2.24) is 2.78 Å². The second kappa shape index (κ2) is 9.59. The number of halogens is 1. The standard InChI is InChI=1S/C24H21IN2O3S/c1-20-15-17-23(18-16-20)31(28,29)30-25(21-10-4-2-5-11-21)27-19-9-8-14-24(27)26-22-12-6-3-7-13-22/h2-19H,1H3. The molecule has 1 heterocycles. The Morgan fingerprint density at radius 2 is 1.39 bits per heavy atom. The van der Waals surface area contributed by atoms with E-state index in [1.165, 1.54) is 0 Å². The van der Waals surface area contributed by atoms with E-state index in [0.29, 0.717) is 5.49 Å². The third-order valence-corrected chi connectivity index (χ3v) is 11.5. The SMILES string of the molecule is Cc1ccc(S(=O)(=O)OI(c2ccccc2)n2ccccc2=Nc2ccccc2)cc1. The Labute approximate surface area is 190 Å². The van der Waals surface area contributed by atoms with Gasteiger partial charge in [-0.25, -0.2) is 0 Å². The maximum absolute atomic E-state index is 13.1. The van der Waals surface area contributed by atoms with Crippen molar-refractivity contribution in [3.8, 4) is 0 Å². The maximum atomic E-state index is 13.1. The van der Waals surface area contributed by atoms with Crippen molar-refractivity contribution in [2.24, 2.45) is 4.99 Å². The molecule has 0 amide bonds. The van der Waals surface area contributed by atoms with Crippen molar-refractivity contribution < 1.29 is 10.9 Å². The van der Waals surface area contributed by atoms with Crippen molar-refractivity contribution in [2.45, 2.75) is 11.8 Å². The predicted molar refractivity (Wildman–Crippen MR) is 130 cm³/mol. The van der Waals surface area contributed by atoms with Crippen LogP contribution in [-0.2, 0) is 12.6 Å². The fourth-order valence-electron chi connectivity index (χ4n) is 2.78. The summed E-state index contributed by atoms with van der Waals surface area (Å²) in [5.41, 5.74) is 2.41. The van der Waals surface area contributed by atoms with Crippen LogP contribution in [0.4, 0.5) is 5.69 Å². The molecule has 4 rings (SSSR count). The molecule has 0 saturated heterocycles. The molecule has 0 aliphatic rings. The summed E-state index contributed by atoms with van der Waals surface area (Å²) in [5, 5.41) is 0. The minimum absolute atomic E-state index is 0.148. The zero-order valence-electron chi connectivity index (χ0n) is 16.8. The Morgan fingerprint density at radius 3 is 2.06 bits per heavy atom. The van der Waals surface area contributed by atoms with Crippen molar-refractivity contribution in [3.05, 3.63) is 124 Å². The van der Waals surface area contributed by atoms with E-state index in [-0.39, 0.29) is 4.90 Å². The molecule has 0 N–H and O–H groups in total. The number of hydrogen-bond acceptors (Lipinski definition) is 4. The van der Waals surface area contributed by atoms with Gasteiger partial charge in [0.2, 0.25) is 0 Å². The van der Waals surface area contributed by atoms with Gasteiger partial charge in [-0.2, -0.15) is 0 Å². The van der Waals surface area contributed by atoms with E-state index in [2.05, 4.69) is 0 Å². The molecule has 1 aromatic heterocycles. The van der Waals surface area contributed by atoms with Crippen LogP contribution in [-0.4, -0.2) is 11.2 Å². The predicted octanol–water partition coefficient (Wildman–Crippen LogP) is 5.49. The zero-order valence-corrected chi connectivity index (χ0v) is 19.8. The molecule has 0 unspecified atom stereocenters. The van der Waals surface area contributed by atoms with E-state index < -0.39 is 30.6 Å². The quantitative estimate of drug-likeness (QED) is 0.302. The van der Waals surface area contributed by atoms with Crippen molar-refractivity contribution >= 4 is 36.3 Å². The molecule has 0 saturated carbocycles. The Balaban J connectivity index is 1.83. The molecule has 0 aliphatic heterocycles. The number of nitrogens with zero attached hydrogens (tertiary/aromatic N) is 2. The van der Waals surface area contributed by atoms with Crippen molar-refractivity contribution in [2.75, 3.05) is 0 Å². The Bertz CT molecular complexity index is 1320. The molecule has 7 heteroatoms. The summed E-state index contributed by atoms with van der Waals surface area (Å²) in [6.07, 6.45) is 1.84. The fourth-order valence-corrected chi connectivity index (χ4v) is 9.55. The molecule has 3 aromatic carbocycles. The summed E-state index contributed by atoms with van der Waals surface area (Å²) in [6, 6.07) is 31.3. The second-order valence-electron chi connectivity index (χ2n) is 6.67. The molecule has 0 fully saturated rings. The van der Waals surface area contributed by atoms with E-state index >= 15 is 0 Å². The summed E-state index contributed by atoms with van der Waals surface area (Å²) < 4.78 is 35.0. The van der Waals surface area contributed by atoms with Gasteiger partial charge in [-0.3, -0.25) is 0 Å². The van der Waals surface area contributed by atoms with Gasteiger partial charge in [-0.15, -0.1) is 0 Å². The van der Waals surface area contributed by atoms with Crippen LogP contribution < -0.4 is 5.49 Å². The third kappa shape index (κ3) is 5.30. The Kier molecular flexibility index (Phi) is 6.64. The second-order valence-corrected chi connectivity index (χ2v) is 12.9. The summed E-state index contributed by atoms with van der Waals surface area (Å²) in [7, 11) is -3.96. The zero-order chi connectivity index (χ0) is 21.7. The van der Waals surface area contributed by atoms with Gasteiger partial charge in [0.1, 0.15) is 0 Å². The molecule has 0 atom stereocenters. The number of rotatable bonds is 6. The summed E-state index contributed by atoms with van der Waals surface area (Å²) >= 11 is -2.93. The van der Waals surface area contributed by atoms with E-state index in [0.717, 1.165) is 14.8 Å². The average molecular weight is 544 g/mol. The van der Waals surface area contributed by atoms with Gasteiger partial charge in [-0.05, 0) is 0 Å². The number of aromatic nitrogens is 1. The first-order valence-corrected chi connectivity index (χ1v) is 13.9. The molecule has 158 valence electrons. The summed E-state index contributed by atoms with van der Waals surface area (Å²) in [5.74, 6) is 0. The number of para-hydroxylation sites is 1. The molecular formula is C24H21IN2O3S. The Morgan fingerprint density at radius 1 is 0.774 bits per heavy atom. The first-order chi connectivity index (χ1) is 15.0. The van der Waals surface area contributed by atoms with Gasteiger partial charge < -0.3 is 0 Å². The number of hydrogen-bond donors (Lipinski definition) is 0. The van der Waals surface area contributed by atoms with Crippen molar-refractivity contribution in [1.29, 1.82) is 0 Å². The van der Waals surface area contributed by atoms with Crippen LogP contribution >= 0.6 is 20.5 Å². The molecule has 0 bridgehead atoms. The van der Waals surface area contributed by atoms with Crippen LogP contribution in [0.3, 0.4) is 0 Å². The first-order valence-electron chi connectivity index (χ1n) is 9.58. The van der Waals surface area contributed by atoms with E-state index in [1.54, 1.807) is 24.3 Å². The number of benzene rings is 3. The van der Waals surface area contributed by atoms with Gasteiger partial charge in [-0.1, -0.05) is 0 Å². The molecule has 5 nitrogen and oxygen atoms in total. The van der Waals surface area contributed by atoms with Crippen LogP contribution in [0.5, 0.6) is 0 Å². The van der Waals surface area contributed by atoms with Gasteiger partial charge in [0.15, 0.2) is 0 Å². The van der Waals surface area contributed by atoms with Gasteiger partial charge in [0.25, 0.3) is 0 Å². The van der Waals surface area contributed by atoms with Crippen molar-refractivity contribution in [3.63, 3.8) is 0 Å². The summed E-state index contributed by atoms with van der Waals surface area (Å²) in [4.78, 5) is 4.88. The normalized spacial score (nSPS) is 12.5. The van der Waals surface area contributed by atoms with Crippen LogP contribution in [0.2, 0.25) is 0 Å². The molecule has 0 spiro atoms. The first kappa shape index (κ1) is 21.5. The topological polar surface area (TPSA) is 60.7 Å². The van der Waals surface area contributed by atoms with Gasteiger partial charge in [0, 0.05) is 0 Å². The van der Waals surface area contributed by atoms with Crippen LogP contribution in [0.25, 0.3) is 0 Å².